The number of aryl methyl sites for hydroxylation is 1. The summed E-state index contributed by atoms with van der Waals surface area (Å²) in [6.07, 6.45) is 4.86. The molecule has 1 unspecified atom stereocenters. The SMILES string of the molecule is COc1cc(-c2cn(C)c(=O)c(C)c2C)cc(OC)c1CN1CCN(Cc2ccc3c(c2)C(C)N(C(=O)OC(C)(C)C)CC3)CC12CC2. The maximum Gasteiger partial charge on any atom is 0.410 e. The van der Waals surface area contributed by atoms with Gasteiger partial charge in [-0.15, -0.1) is 0 Å². The van der Waals surface area contributed by atoms with E-state index in [0.29, 0.717) is 6.54 Å². The van der Waals surface area contributed by atoms with Gasteiger partial charge in [0.05, 0.1) is 25.8 Å². The molecule has 9 heteroatoms. The van der Waals surface area contributed by atoms with Crippen LogP contribution in [0.25, 0.3) is 11.1 Å². The fourth-order valence-corrected chi connectivity index (χ4v) is 7.64. The van der Waals surface area contributed by atoms with Gasteiger partial charge in [0.2, 0.25) is 0 Å². The Hall–Kier alpha value is -3.82. The molecular formula is C39H52N4O5. The van der Waals surface area contributed by atoms with Crippen LogP contribution < -0.4 is 15.0 Å². The maximum absolute atomic E-state index is 13.0. The van der Waals surface area contributed by atoms with E-state index in [-0.39, 0.29) is 23.2 Å². The van der Waals surface area contributed by atoms with Crippen LogP contribution in [0.15, 0.2) is 41.3 Å². The zero-order chi connectivity index (χ0) is 34.5. The van der Waals surface area contributed by atoms with Gasteiger partial charge in [0, 0.05) is 69.2 Å². The molecule has 1 aliphatic carbocycles. The number of aromatic nitrogens is 1. The van der Waals surface area contributed by atoms with Crippen molar-refractivity contribution >= 4 is 6.09 Å². The number of pyridine rings is 1. The van der Waals surface area contributed by atoms with Gasteiger partial charge in [-0.3, -0.25) is 14.6 Å². The number of ether oxygens (including phenoxy) is 3. The molecule has 2 fully saturated rings. The van der Waals surface area contributed by atoms with Gasteiger partial charge in [-0.2, -0.15) is 0 Å². The summed E-state index contributed by atoms with van der Waals surface area (Å²) in [7, 11) is 5.23. The summed E-state index contributed by atoms with van der Waals surface area (Å²) in [5.41, 5.74) is 8.25. The second kappa shape index (κ2) is 12.9. The van der Waals surface area contributed by atoms with Crippen LogP contribution in [0.4, 0.5) is 4.79 Å². The second-order valence-electron chi connectivity index (χ2n) is 15.1. The van der Waals surface area contributed by atoms with Crippen LogP contribution in [-0.4, -0.2) is 76.9 Å². The lowest BCUT2D eigenvalue weighted by Gasteiger charge is -2.43. The first-order valence-corrected chi connectivity index (χ1v) is 17.2. The standard InChI is InChI=1S/C39H52N4O5/c1-25-26(2)36(44)40(7)22-32(25)30-19-34(46-8)33(35(20-30)47-9)23-42-17-16-41(24-39(42)13-14-39)21-28-10-11-29-12-15-43(27(3)31(29)18-28)37(45)48-38(4,5)6/h10-11,18-20,22,27H,12-17,21,23-24H2,1-9H3. The molecule has 3 heterocycles. The molecule has 1 saturated carbocycles. The lowest BCUT2D eigenvalue weighted by atomic mass is 9.92. The third kappa shape index (κ3) is 6.59. The van der Waals surface area contributed by atoms with E-state index in [2.05, 4.69) is 47.1 Å². The highest BCUT2D eigenvalue weighted by Gasteiger charge is 2.51. The van der Waals surface area contributed by atoms with Crippen molar-refractivity contribution in [3.8, 4) is 22.6 Å². The number of hydrogen-bond donors (Lipinski definition) is 0. The van der Waals surface area contributed by atoms with Crippen molar-refractivity contribution in [2.24, 2.45) is 7.05 Å². The number of nitrogens with zero attached hydrogens (tertiary/aromatic N) is 4. The molecule has 258 valence electrons. The highest BCUT2D eigenvalue weighted by atomic mass is 16.6. The van der Waals surface area contributed by atoms with E-state index in [1.54, 1.807) is 25.8 Å². The average molecular weight is 657 g/mol. The number of carbonyl (C=O) groups excluding carboxylic acids is 1. The van der Waals surface area contributed by atoms with Crippen molar-refractivity contribution in [2.75, 3.05) is 40.4 Å². The van der Waals surface area contributed by atoms with E-state index < -0.39 is 5.60 Å². The minimum absolute atomic E-state index is 0.0201. The van der Waals surface area contributed by atoms with Gasteiger partial charge in [-0.1, -0.05) is 18.2 Å². The normalized spacial score (nSPS) is 19.3. The fourth-order valence-electron chi connectivity index (χ4n) is 7.64. The molecule has 48 heavy (non-hydrogen) atoms. The number of rotatable bonds is 7. The van der Waals surface area contributed by atoms with Crippen molar-refractivity contribution < 1.29 is 19.0 Å². The van der Waals surface area contributed by atoms with Gasteiger partial charge in [-0.25, -0.2) is 4.79 Å². The monoisotopic (exact) mass is 656 g/mol. The summed E-state index contributed by atoms with van der Waals surface area (Å²) < 4.78 is 19.3. The Labute approximate surface area is 285 Å². The second-order valence-corrected chi connectivity index (χ2v) is 15.1. The largest absolute Gasteiger partial charge is 0.496 e. The van der Waals surface area contributed by atoms with Gasteiger partial charge < -0.3 is 23.7 Å². The molecular weight excluding hydrogens is 604 g/mol. The Balaban J connectivity index is 1.17. The zero-order valence-electron chi connectivity index (χ0n) is 30.2. The molecule has 1 atom stereocenters. The summed E-state index contributed by atoms with van der Waals surface area (Å²) in [5.74, 6) is 1.61. The molecule has 3 aliphatic rings. The lowest BCUT2D eigenvalue weighted by Crippen LogP contribution is -2.54. The summed E-state index contributed by atoms with van der Waals surface area (Å²) in [6, 6.07) is 11.0. The van der Waals surface area contributed by atoms with Crippen LogP contribution in [0.3, 0.4) is 0 Å². The predicted molar refractivity (Wildman–Crippen MR) is 189 cm³/mol. The van der Waals surface area contributed by atoms with Gasteiger partial charge in [0.1, 0.15) is 17.1 Å². The van der Waals surface area contributed by atoms with E-state index in [1.165, 1.54) is 29.5 Å². The lowest BCUT2D eigenvalue weighted by molar-refractivity contribution is 0.0159. The molecule has 6 rings (SSSR count). The highest BCUT2D eigenvalue weighted by molar-refractivity contribution is 5.72. The van der Waals surface area contributed by atoms with Gasteiger partial charge >= 0.3 is 6.09 Å². The van der Waals surface area contributed by atoms with Crippen molar-refractivity contribution in [1.29, 1.82) is 0 Å². The van der Waals surface area contributed by atoms with Crippen molar-refractivity contribution in [1.82, 2.24) is 19.3 Å². The first kappa shape index (κ1) is 34.1. The first-order chi connectivity index (χ1) is 22.7. The van der Waals surface area contributed by atoms with Crippen LogP contribution in [0.5, 0.6) is 11.5 Å². The van der Waals surface area contributed by atoms with E-state index in [0.717, 1.165) is 78.5 Å². The maximum atomic E-state index is 13.0. The third-order valence-corrected chi connectivity index (χ3v) is 10.7. The van der Waals surface area contributed by atoms with Crippen LogP contribution in [0.1, 0.15) is 80.0 Å². The quantitative estimate of drug-likeness (QED) is 0.292. The van der Waals surface area contributed by atoms with Crippen molar-refractivity contribution in [3.05, 3.63) is 80.3 Å². The van der Waals surface area contributed by atoms with Crippen LogP contribution in [0.2, 0.25) is 0 Å². The minimum atomic E-state index is -0.512. The Morgan fingerprint density at radius 2 is 1.65 bits per heavy atom. The molecule has 2 aliphatic heterocycles. The summed E-state index contributed by atoms with van der Waals surface area (Å²) >= 11 is 0. The topological polar surface area (TPSA) is 76.5 Å². The molecule has 0 N–H and O–H groups in total. The summed E-state index contributed by atoms with van der Waals surface area (Å²) in [4.78, 5) is 32.6. The number of fused-ring (bicyclic) bond motifs is 1. The summed E-state index contributed by atoms with van der Waals surface area (Å²) in [5, 5.41) is 0. The van der Waals surface area contributed by atoms with Crippen LogP contribution in [-0.2, 0) is 31.3 Å². The molecule has 0 bridgehead atoms. The Bertz CT molecular complexity index is 1740. The molecule has 3 aromatic rings. The molecule has 0 radical (unpaired) electrons. The molecule has 2 aromatic carbocycles. The fraction of sp³-hybridized carbons (Fsp3) is 0.538. The summed E-state index contributed by atoms with van der Waals surface area (Å²) in [6.45, 7) is 17.0. The number of piperazine rings is 1. The van der Waals surface area contributed by atoms with E-state index in [9.17, 15) is 9.59 Å². The predicted octanol–water partition coefficient (Wildman–Crippen LogP) is 6.39. The van der Waals surface area contributed by atoms with Crippen molar-refractivity contribution in [3.63, 3.8) is 0 Å². The van der Waals surface area contributed by atoms with Crippen molar-refractivity contribution in [2.45, 2.75) is 91.1 Å². The van der Waals surface area contributed by atoms with Crippen LogP contribution >= 0.6 is 0 Å². The smallest absolute Gasteiger partial charge is 0.410 e. The molecule has 1 saturated heterocycles. The Morgan fingerprint density at radius 3 is 2.27 bits per heavy atom. The average Bonchev–Trinajstić information content (AvgIpc) is 3.81. The highest BCUT2D eigenvalue weighted by Crippen LogP contribution is 2.47. The van der Waals surface area contributed by atoms with Gasteiger partial charge in [0.25, 0.3) is 5.56 Å². The van der Waals surface area contributed by atoms with E-state index in [1.807, 2.05) is 45.7 Å². The number of methoxy groups -OCH3 is 2. The zero-order valence-corrected chi connectivity index (χ0v) is 30.2. The number of amides is 1. The number of hydrogen-bond acceptors (Lipinski definition) is 7. The molecule has 1 aromatic heterocycles. The Kier molecular flexibility index (Phi) is 9.15. The minimum Gasteiger partial charge on any atom is -0.496 e. The van der Waals surface area contributed by atoms with E-state index in [4.69, 9.17) is 14.2 Å². The van der Waals surface area contributed by atoms with Crippen LogP contribution in [0, 0.1) is 13.8 Å². The van der Waals surface area contributed by atoms with Gasteiger partial charge in [0.15, 0.2) is 0 Å². The molecule has 1 amide bonds. The third-order valence-electron chi connectivity index (χ3n) is 10.7. The molecule has 1 spiro atoms. The van der Waals surface area contributed by atoms with E-state index >= 15 is 0 Å². The first-order valence-electron chi connectivity index (χ1n) is 17.2. The van der Waals surface area contributed by atoms with Gasteiger partial charge in [-0.05, 0) is 101 Å². The number of benzene rings is 2. The number of carbonyl (C=O) groups is 1. The molecule has 9 nitrogen and oxygen atoms in total. The Morgan fingerprint density at radius 1 is 0.958 bits per heavy atom.